The number of aromatic nitrogens is 1. The van der Waals surface area contributed by atoms with Crippen molar-refractivity contribution in [2.75, 3.05) is 44.3 Å². The fourth-order valence-corrected chi connectivity index (χ4v) is 4.11. The molecule has 1 aliphatic rings. The maximum absolute atomic E-state index is 12.7. The molecule has 0 aliphatic carbocycles. The second-order valence-electron chi connectivity index (χ2n) is 6.40. The first-order valence-corrected chi connectivity index (χ1v) is 10.0. The van der Waals surface area contributed by atoms with Gasteiger partial charge in [-0.2, -0.15) is 0 Å². The number of amides is 1. The molecule has 1 aromatic carbocycles. The van der Waals surface area contributed by atoms with E-state index in [2.05, 4.69) is 30.0 Å². The van der Waals surface area contributed by atoms with Gasteiger partial charge < -0.3 is 4.74 Å². The molecule has 1 fully saturated rings. The second kappa shape index (κ2) is 8.74. The molecule has 0 saturated carbocycles. The first-order chi connectivity index (χ1) is 12.2. The molecule has 0 bridgehead atoms. The average molecular weight is 362 g/mol. The van der Waals surface area contributed by atoms with Crippen LogP contribution in [0.1, 0.15) is 32.3 Å². The van der Waals surface area contributed by atoms with Crippen molar-refractivity contribution in [2.24, 2.45) is 0 Å². The van der Waals surface area contributed by atoms with Crippen LogP contribution in [0.25, 0.3) is 10.2 Å². The number of nitrogens with zero attached hydrogens (tertiary/aromatic N) is 3. The highest BCUT2D eigenvalue weighted by atomic mass is 32.1. The lowest BCUT2D eigenvalue weighted by molar-refractivity contribution is -0.118. The summed E-state index contributed by atoms with van der Waals surface area (Å²) in [5.74, 6) is 0.172. The summed E-state index contributed by atoms with van der Waals surface area (Å²) in [6.45, 7) is 9.21. The third-order valence-electron chi connectivity index (χ3n) is 4.59. The molecule has 2 aromatic rings. The molecule has 0 atom stereocenters. The Kier molecular flexibility index (Phi) is 6.39. The number of anilines is 1. The van der Waals surface area contributed by atoms with Crippen molar-refractivity contribution in [3.05, 3.63) is 23.8 Å². The van der Waals surface area contributed by atoms with Gasteiger partial charge in [0.1, 0.15) is 0 Å². The lowest BCUT2D eigenvalue weighted by atomic mass is 10.2. The van der Waals surface area contributed by atoms with Gasteiger partial charge in [0, 0.05) is 32.6 Å². The van der Waals surface area contributed by atoms with Crippen molar-refractivity contribution >= 4 is 32.6 Å². The number of hydrogen-bond acceptors (Lipinski definition) is 5. The number of thiazole rings is 1. The van der Waals surface area contributed by atoms with Gasteiger partial charge in [-0.05, 0) is 30.5 Å². The number of rotatable bonds is 7. The van der Waals surface area contributed by atoms with E-state index in [0.717, 1.165) is 61.0 Å². The van der Waals surface area contributed by atoms with Crippen molar-refractivity contribution < 1.29 is 9.53 Å². The zero-order chi connectivity index (χ0) is 17.6. The van der Waals surface area contributed by atoms with Crippen LogP contribution < -0.4 is 4.90 Å². The Bertz CT molecular complexity index is 710. The fraction of sp³-hybridized carbons (Fsp3) is 0.579. The quantitative estimate of drug-likeness (QED) is 0.759. The van der Waals surface area contributed by atoms with Crippen molar-refractivity contribution in [3.63, 3.8) is 0 Å². The molecule has 5 nitrogen and oxygen atoms in total. The summed E-state index contributed by atoms with van der Waals surface area (Å²) in [6.07, 6.45) is 2.44. The smallest absolute Gasteiger partial charge is 0.228 e. The van der Waals surface area contributed by atoms with Crippen LogP contribution in [-0.4, -0.2) is 55.2 Å². The summed E-state index contributed by atoms with van der Waals surface area (Å²) in [5, 5.41) is 0.829. The monoisotopic (exact) mass is 361 g/mol. The standard InChI is InChI=1S/C19H27N3O2S/c1-3-5-18(23)22(9-8-21-10-12-24-13-11-21)19-20-16-7-6-15(4-2)14-17(16)25-19/h6-7,14H,3-5,8-13H2,1-2H3. The normalized spacial score (nSPS) is 15.6. The summed E-state index contributed by atoms with van der Waals surface area (Å²) in [4.78, 5) is 21.6. The van der Waals surface area contributed by atoms with E-state index in [1.807, 2.05) is 11.8 Å². The minimum Gasteiger partial charge on any atom is -0.379 e. The molecule has 1 aromatic heterocycles. The molecule has 1 amide bonds. The summed E-state index contributed by atoms with van der Waals surface area (Å²) in [6, 6.07) is 6.39. The van der Waals surface area contributed by atoms with Crippen LogP contribution in [0.15, 0.2) is 18.2 Å². The van der Waals surface area contributed by atoms with Gasteiger partial charge in [0.15, 0.2) is 5.13 Å². The van der Waals surface area contributed by atoms with E-state index in [-0.39, 0.29) is 5.91 Å². The van der Waals surface area contributed by atoms with Gasteiger partial charge in [0.2, 0.25) is 5.91 Å². The van der Waals surface area contributed by atoms with Gasteiger partial charge >= 0.3 is 0 Å². The van der Waals surface area contributed by atoms with Crippen LogP contribution in [0, 0.1) is 0 Å². The predicted molar refractivity (Wildman–Crippen MR) is 104 cm³/mol. The van der Waals surface area contributed by atoms with Gasteiger partial charge in [-0.1, -0.05) is 31.3 Å². The van der Waals surface area contributed by atoms with Crippen molar-refractivity contribution in [1.82, 2.24) is 9.88 Å². The number of benzene rings is 1. The fourth-order valence-electron chi connectivity index (χ4n) is 3.03. The maximum atomic E-state index is 12.7. The number of fused-ring (bicyclic) bond motifs is 1. The molecule has 0 unspecified atom stereocenters. The molecule has 2 heterocycles. The van der Waals surface area contributed by atoms with E-state index in [0.29, 0.717) is 13.0 Å². The minimum atomic E-state index is 0.172. The molecule has 1 saturated heterocycles. The Hall–Kier alpha value is -1.50. The molecule has 25 heavy (non-hydrogen) atoms. The van der Waals surface area contributed by atoms with Gasteiger partial charge in [0.25, 0.3) is 0 Å². The van der Waals surface area contributed by atoms with E-state index in [9.17, 15) is 4.79 Å². The summed E-state index contributed by atoms with van der Waals surface area (Å²) >= 11 is 1.63. The summed E-state index contributed by atoms with van der Waals surface area (Å²) in [5.41, 5.74) is 2.29. The highest BCUT2D eigenvalue weighted by Gasteiger charge is 2.21. The zero-order valence-corrected chi connectivity index (χ0v) is 16.0. The van der Waals surface area contributed by atoms with Gasteiger partial charge in [0.05, 0.1) is 23.4 Å². The van der Waals surface area contributed by atoms with Crippen LogP contribution in [0.3, 0.4) is 0 Å². The van der Waals surface area contributed by atoms with Gasteiger partial charge in [-0.15, -0.1) is 0 Å². The number of carbonyl (C=O) groups is 1. The highest BCUT2D eigenvalue weighted by Crippen LogP contribution is 2.30. The first kappa shape index (κ1) is 18.3. The molecule has 136 valence electrons. The predicted octanol–water partition coefficient (Wildman–Crippen LogP) is 3.32. The van der Waals surface area contributed by atoms with E-state index in [1.54, 1.807) is 11.3 Å². The number of carbonyl (C=O) groups excluding carboxylic acids is 1. The molecule has 0 N–H and O–H groups in total. The second-order valence-corrected chi connectivity index (χ2v) is 7.41. The molecule has 0 radical (unpaired) electrons. The first-order valence-electron chi connectivity index (χ1n) is 9.21. The Balaban J connectivity index is 1.78. The Morgan fingerprint density at radius 1 is 1.32 bits per heavy atom. The number of morpholine rings is 1. The molecule has 6 heteroatoms. The molecular weight excluding hydrogens is 334 g/mol. The van der Waals surface area contributed by atoms with Crippen LogP contribution in [0.5, 0.6) is 0 Å². The van der Waals surface area contributed by atoms with Crippen LogP contribution in [-0.2, 0) is 16.0 Å². The van der Waals surface area contributed by atoms with Crippen molar-refractivity contribution in [3.8, 4) is 0 Å². The Labute approximate surface area is 153 Å². The van der Waals surface area contributed by atoms with Gasteiger partial charge in [-0.3, -0.25) is 14.6 Å². The summed E-state index contributed by atoms with van der Waals surface area (Å²) in [7, 11) is 0. The molecular formula is C19H27N3O2S. The van der Waals surface area contributed by atoms with Crippen molar-refractivity contribution in [1.29, 1.82) is 0 Å². The lowest BCUT2D eigenvalue weighted by Crippen LogP contribution is -2.43. The zero-order valence-electron chi connectivity index (χ0n) is 15.2. The number of aryl methyl sites for hydroxylation is 1. The lowest BCUT2D eigenvalue weighted by Gasteiger charge is -2.29. The Morgan fingerprint density at radius 3 is 2.84 bits per heavy atom. The van der Waals surface area contributed by atoms with E-state index in [4.69, 9.17) is 9.72 Å². The SMILES string of the molecule is CCCC(=O)N(CCN1CCOCC1)c1nc2ccc(CC)cc2s1. The van der Waals surface area contributed by atoms with Crippen LogP contribution in [0.2, 0.25) is 0 Å². The van der Waals surface area contributed by atoms with Gasteiger partial charge in [-0.25, -0.2) is 4.98 Å². The third-order valence-corrected chi connectivity index (χ3v) is 5.63. The third kappa shape index (κ3) is 4.57. The van der Waals surface area contributed by atoms with Crippen LogP contribution in [0.4, 0.5) is 5.13 Å². The van der Waals surface area contributed by atoms with E-state index < -0.39 is 0 Å². The minimum absolute atomic E-state index is 0.172. The average Bonchev–Trinajstić information content (AvgIpc) is 3.05. The highest BCUT2D eigenvalue weighted by molar-refractivity contribution is 7.22. The van der Waals surface area contributed by atoms with Crippen LogP contribution >= 0.6 is 11.3 Å². The van der Waals surface area contributed by atoms with E-state index >= 15 is 0 Å². The number of hydrogen-bond donors (Lipinski definition) is 0. The van der Waals surface area contributed by atoms with E-state index in [1.165, 1.54) is 5.56 Å². The summed E-state index contributed by atoms with van der Waals surface area (Å²) < 4.78 is 6.57. The Morgan fingerprint density at radius 2 is 2.12 bits per heavy atom. The van der Waals surface area contributed by atoms with Crippen molar-refractivity contribution in [2.45, 2.75) is 33.1 Å². The maximum Gasteiger partial charge on any atom is 0.228 e. The molecule has 0 spiro atoms. The molecule has 1 aliphatic heterocycles. The number of ether oxygens (including phenoxy) is 1. The topological polar surface area (TPSA) is 45.7 Å². The largest absolute Gasteiger partial charge is 0.379 e. The molecule has 3 rings (SSSR count).